The molecule has 0 aliphatic carbocycles. The lowest BCUT2D eigenvalue weighted by Crippen LogP contribution is -2.36. The quantitative estimate of drug-likeness (QED) is 0.655. The molecule has 3 rings (SSSR count). The summed E-state index contributed by atoms with van der Waals surface area (Å²) in [6.07, 6.45) is 1.78. The van der Waals surface area contributed by atoms with Crippen molar-refractivity contribution in [2.75, 3.05) is 13.8 Å². The Kier molecular flexibility index (Phi) is 4.83. The van der Waals surface area contributed by atoms with E-state index in [0.717, 1.165) is 22.8 Å². The largest absolute Gasteiger partial charge is 0.454 e. The fourth-order valence-electron chi connectivity index (χ4n) is 2.36. The normalized spacial score (nSPS) is 13.8. The molecular weight excluding hydrogens is 320 g/mol. The third-order valence-corrected chi connectivity index (χ3v) is 3.82. The molecule has 0 atom stereocenters. The van der Waals surface area contributed by atoms with Gasteiger partial charge >= 0.3 is 0 Å². The number of hydrogen-bond acceptors (Lipinski definition) is 5. The molecule has 0 amide bonds. The molecule has 0 bridgehead atoms. The van der Waals surface area contributed by atoms with E-state index in [1.165, 1.54) is 0 Å². The van der Waals surface area contributed by atoms with Gasteiger partial charge in [0.05, 0.1) is 12.7 Å². The lowest BCUT2D eigenvalue weighted by atomic mass is 9.94. The monoisotopic (exact) mass is 344 g/mol. The van der Waals surface area contributed by atoms with E-state index in [2.05, 4.69) is 41.4 Å². The third-order valence-electron chi connectivity index (χ3n) is 3.82. The Morgan fingerprint density at radius 3 is 2.64 bits per heavy atom. The highest BCUT2D eigenvalue weighted by molar-refractivity contribution is 5.79. The second-order valence-electron chi connectivity index (χ2n) is 6.84. The summed E-state index contributed by atoms with van der Waals surface area (Å²) < 4.78 is 16.5. The van der Waals surface area contributed by atoms with Crippen LogP contribution in [-0.4, -0.2) is 24.8 Å². The Morgan fingerprint density at radius 2 is 1.92 bits per heavy atom. The van der Waals surface area contributed by atoms with E-state index in [1.54, 1.807) is 13.2 Å². The summed E-state index contributed by atoms with van der Waals surface area (Å²) in [6, 6.07) is 5.88. The van der Waals surface area contributed by atoms with Crippen molar-refractivity contribution in [3.8, 4) is 11.5 Å². The Labute approximate surface area is 147 Å². The smallest absolute Gasteiger partial charge is 0.231 e. The summed E-state index contributed by atoms with van der Waals surface area (Å²) in [5.41, 5.74) is 1.03. The maximum Gasteiger partial charge on any atom is 0.231 e. The van der Waals surface area contributed by atoms with Crippen LogP contribution in [0, 0.1) is 0 Å². The van der Waals surface area contributed by atoms with Gasteiger partial charge in [-0.25, -0.2) is 4.98 Å². The average Bonchev–Trinajstić information content (AvgIpc) is 3.23. The molecule has 134 valence electrons. The highest BCUT2D eigenvalue weighted by atomic mass is 16.7. The summed E-state index contributed by atoms with van der Waals surface area (Å²) >= 11 is 0. The van der Waals surface area contributed by atoms with Crippen molar-refractivity contribution < 1.29 is 13.9 Å². The molecule has 0 unspecified atom stereocenters. The maximum absolute atomic E-state index is 5.77. The molecule has 2 aromatic rings. The molecule has 7 nitrogen and oxygen atoms in total. The molecule has 0 saturated carbocycles. The first kappa shape index (κ1) is 17.1. The minimum absolute atomic E-state index is 0.0511. The van der Waals surface area contributed by atoms with Gasteiger partial charge in [-0.2, -0.15) is 0 Å². The number of ether oxygens (including phenoxy) is 2. The van der Waals surface area contributed by atoms with E-state index >= 15 is 0 Å². The van der Waals surface area contributed by atoms with E-state index in [0.29, 0.717) is 24.9 Å². The number of aromatic nitrogens is 1. The van der Waals surface area contributed by atoms with Gasteiger partial charge in [-0.1, -0.05) is 26.8 Å². The number of hydrogen-bond donors (Lipinski definition) is 2. The number of benzene rings is 1. The van der Waals surface area contributed by atoms with E-state index in [9.17, 15) is 0 Å². The average molecular weight is 344 g/mol. The first-order valence-electron chi connectivity index (χ1n) is 8.24. The summed E-state index contributed by atoms with van der Waals surface area (Å²) in [7, 11) is 1.73. The van der Waals surface area contributed by atoms with E-state index in [4.69, 9.17) is 13.9 Å². The zero-order chi connectivity index (χ0) is 17.9. The molecule has 0 fully saturated rings. The van der Waals surface area contributed by atoms with Crippen LogP contribution >= 0.6 is 0 Å². The van der Waals surface area contributed by atoms with Gasteiger partial charge in [-0.05, 0) is 17.7 Å². The fraction of sp³-hybridized carbons (Fsp3) is 0.444. The number of nitrogens with one attached hydrogen (secondary N) is 2. The van der Waals surface area contributed by atoms with Crippen molar-refractivity contribution in [2.45, 2.75) is 39.3 Å². The van der Waals surface area contributed by atoms with E-state index in [-0.39, 0.29) is 12.2 Å². The zero-order valence-electron chi connectivity index (χ0n) is 15.0. The van der Waals surface area contributed by atoms with E-state index in [1.807, 2.05) is 18.2 Å². The van der Waals surface area contributed by atoms with Crippen LogP contribution in [0.15, 0.2) is 33.8 Å². The van der Waals surface area contributed by atoms with Gasteiger partial charge in [0, 0.05) is 19.0 Å². The van der Waals surface area contributed by atoms with Crippen molar-refractivity contribution in [1.82, 2.24) is 15.6 Å². The summed E-state index contributed by atoms with van der Waals surface area (Å²) in [5, 5.41) is 6.46. The lowest BCUT2D eigenvalue weighted by molar-refractivity contribution is 0.174. The summed E-state index contributed by atoms with van der Waals surface area (Å²) in [4.78, 5) is 8.52. The predicted octanol–water partition coefficient (Wildman–Crippen LogP) is 2.57. The van der Waals surface area contributed by atoms with Gasteiger partial charge in [0.15, 0.2) is 17.5 Å². The van der Waals surface area contributed by atoms with Gasteiger partial charge < -0.3 is 24.5 Å². The Morgan fingerprint density at radius 1 is 1.16 bits per heavy atom. The van der Waals surface area contributed by atoms with Crippen LogP contribution in [0.3, 0.4) is 0 Å². The van der Waals surface area contributed by atoms with Gasteiger partial charge in [0.25, 0.3) is 0 Å². The molecule has 0 radical (unpaired) electrons. The maximum atomic E-state index is 5.77. The fourth-order valence-corrected chi connectivity index (χ4v) is 2.36. The molecule has 2 N–H and O–H groups in total. The van der Waals surface area contributed by atoms with E-state index < -0.39 is 0 Å². The van der Waals surface area contributed by atoms with Crippen LogP contribution in [-0.2, 0) is 18.5 Å². The van der Waals surface area contributed by atoms with Crippen LogP contribution in [0.4, 0.5) is 0 Å². The third kappa shape index (κ3) is 4.23. The van der Waals surface area contributed by atoms with Crippen LogP contribution in [0.25, 0.3) is 0 Å². The number of fused-ring (bicyclic) bond motifs is 1. The van der Waals surface area contributed by atoms with Crippen molar-refractivity contribution in [2.24, 2.45) is 4.99 Å². The van der Waals surface area contributed by atoms with Gasteiger partial charge in [0.2, 0.25) is 12.7 Å². The van der Waals surface area contributed by atoms with Crippen LogP contribution in [0.1, 0.15) is 38.0 Å². The van der Waals surface area contributed by atoms with Gasteiger partial charge in [-0.15, -0.1) is 0 Å². The molecule has 7 heteroatoms. The molecule has 2 heterocycles. The summed E-state index contributed by atoms with van der Waals surface area (Å²) in [5.74, 6) is 3.73. The molecular formula is C18H24N4O3. The first-order valence-corrected chi connectivity index (χ1v) is 8.24. The van der Waals surface area contributed by atoms with Gasteiger partial charge in [-0.3, -0.25) is 4.99 Å². The topological polar surface area (TPSA) is 80.9 Å². The van der Waals surface area contributed by atoms with Crippen molar-refractivity contribution in [1.29, 1.82) is 0 Å². The molecule has 1 aliphatic heterocycles. The van der Waals surface area contributed by atoms with Crippen LogP contribution in [0.5, 0.6) is 11.5 Å². The number of guanidine groups is 1. The van der Waals surface area contributed by atoms with Crippen LogP contribution in [0.2, 0.25) is 0 Å². The van der Waals surface area contributed by atoms with Crippen molar-refractivity contribution >= 4 is 5.96 Å². The number of rotatable bonds is 4. The minimum atomic E-state index is -0.0511. The SMILES string of the molecule is CN=C(NCc1ccc2c(c1)OCO2)NCc1ncc(C(C)(C)C)o1. The standard InChI is InChI=1S/C18H24N4O3/c1-18(2,3)15-9-20-16(25-15)10-22-17(19-4)21-8-12-5-6-13-14(7-12)24-11-23-13/h5-7,9H,8,10-11H2,1-4H3,(H2,19,21,22). The predicted molar refractivity (Wildman–Crippen MR) is 94.8 cm³/mol. The number of nitrogens with zero attached hydrogens (tertiary/aromatic N) is 2. The Balaban J connectivity index is 1.52. The molecule has 0 spiro atoms. The summed E-state index contributed by atoms with van der Waals surface area (Å²) in [6.45, 7) is 7.65. The minimum Gasteiger partial charge on any atom is -0.454 e. The molecule has 25 heavy (non-hydrogen) atoms. The molecule has 1 aromatic heterocycles. The van der Waals surface area contributed by atoms with Crippen molar-refractivity contribution in [3.63, 3.8) is 0 Å². The highest BCUT2D eigenvalue weighted by Crippen LogP contribution is 2.32. The highest BCUT2D eigenvalue weighted by Gasteiger charge is 2.19. The molecule has 1 aliphatic rings. The second kappa shape index (κ2) is 7.04. The second-order valence-corrected chi connectivity index (χ2v) is 6.84. The number of aliphatic imine (C=N–C) groups is 1. The molecule has 1 aromatic carbocycles. The first-order chi connectivity index (χ1) is 12.0. The van der Waals surface area contributed by atoms with Crippen LogP contribution < -0.4 is 20.1 Å². The Bertz CT molecular complexity index is 762. The molecule has 0 saturated heterocycles. The number of oxazole rings is 1. The Hall–Kier alpha value is -2.70. The van der Waals surface area contributed by atoms with Gasteiger partial charge in [0.1, 0.15) is 5.76 Å². The van der Waals surface area contributed by atoms with Crippen molar-refractivity contribution in [3.05, 3.63) is 41.6 Å². The zero-order valence-corrected chi connectivity index (χ0v) is 15.0. The lowest BCUT2D eigenvalue weighted by Gasteiger charge is -2.13.